The molecule has 0 aliphatic carbocycles. The lowest BCUT2D eigenvalue weighted by Gasteiger charge is -2.16. The summed E-state index contributed by atoms with van der Waals surface area (Å²) in [5, 5.41) is 0. The number of carbonyl (C=O) groups excluding carboxylic acids is 1. The Morgan fingerprint density at radius 1 is 1.32 bits per heavy atom. The predicted molar refractivity (Wildman–Crippen MR) is 73.1 cm³/mol. The highest BCUT2D eigenvalue weighted by Crippen LogP contribution is 2.09. The Kier molecular flexibility index (Phi) is 5.46. The molecule has 0 spiro atoms. The first kappa shape index (κ1) is 15.6. The molecule has 0 aromatic heterocycles. The number of sulfonamides is 1. The Morgan fingerprint density at radius 2 is 1.89 bits per heavy atom. The maximum Gasteiger partial charge on any atom is 0.240 e. The van der Waals surface area contributed by atoms with Crippen molar-refractivity contribution < 1.29 is 13.2 Å². The molecule has 1 amide bonds. The highest BCUT2D eigenvalue weighted by atomic mass is 32.2. The summed E-state index contributed by atoms with van der Waals surface area (Å²) in [6.45, 7) is 2.23. The van der Waals surface area contributed by atoms with Crippen molar-refractivity contribution in [1.29, 1.82) is 0 Å². The van der Waals surface area contributed by atoms with Crippen LogP contribution in [0.2, 0.25) is 0 Å². The van der Waals surface area contributed by atoms with Gasteiger partial charge in [-0.15, -0.1) is 0 Å². The van der Waals surface area contributed by atoms with Crippen molar-refractivity contribution in [2.24, 2.45) is 5.73 Å². The minimum absolute atomic E-state index is 0.0821. The van der Waals surface area contributed by atoms with Crippen molar-refractivity contribution in [1.82, 2.24) is 9.62 Å². The predicted octanol–water partition coefficient (Wildman–Crippen LogP) is -0.310. The van der Waals surface area contributed by atoms with E-state index in [0.29, 0.717) is 0 Å². The van der Waals surface area contributed by atoms with Gasteiger partial charge in [0.05, 0.1) is 11.4 Å². The Balaban J connectivity index is 2.57. The normalized spacial score (nSPS) is 11.3. The number of nitrogens with zero attached hydrogens (tertiary/aromatic N) is 1. The molecule has 0 fully saturated rings. The molecule has 0 atom stereocenters. The first-order valence-electron chi connectivity index (χ1n) is 5.87. The van der Waals surface area contributed by atoms with Crippen LogP contribution in [0.15, 0.2) is 29.2 Å². The summed E-state index contributed by atoms with van der Waals surface area (Å²) in [7, 11) is -1.95. The Hall–Kier alpha value is -1.44. The Labute approximate surface area is 113 Å². The van der Waals surface area contributed by atoms with Crippen molar-refractivity contribution in [3.63, 3.8) is 0 Å². The van der Waals surface area contributed by atoms with Gasteiger partial charge in [-0.1, -0.05) is 17.7 Å². The van der Waals surface area contributed by atoms with E-state index >= 15 is 0 Å². The van der Waals surface area contributed by atoms with Gasteiger partial charge in [0, 0.05) is 20.1 Å². The topological polar surface area (TPSA) is 92.5 Å². The van der Waals surface area contributed by atoms with Crippen LogP contribution >= 0.6 is 0 Å². The van der Waals surface area contributed by atoms with Crippen LogP contribution in [0.4, 0.5) is 0 Å². The zero-order chi connectivity index (χ0) is 14.5. The molecular weight excluding hydrogens is 266 g/mol. The van der Waals surface area contributed by atoms with E-state index in [9.17, 15) is 13.2 Å². The standard InChI is InChI=1S/C12H19N3O3S/c1-10-3-5-11(6-4-10)19(17,18)14-7-8-15(2)12(16)9-13/h3-6,14H,7-9,13H2,1-2H3. The molecule has 106 valence electrons. The van der Waals surface area contributed by atoms with Crippen LogP contribution in [0.5, 0.6) is 0 Å². The fourth-order valence-electron chi connectivity index (χ4n) is 1.43. The van der Waals surface area contributed by atoms with E-state index in [2.05, 4.69) is 4.72 Å². The maximum atomic E-state index is 11.9. The number of hydrogen-bond acceptors (Lipinski definition) is 4. The van der Waals surface area contributed by atoms with E-state index < -0.39 is 10.0 Å². The molecule has 7 heteroatoms. The largest absolute Gasteiger partial charge is 0.343 e. The Morgan fingerprint density at radius 3 is 2.42 bits per heavy atom. The van der Waals surface area contributed by atoms with Gasteiger partial charge in [0.15, 0.2) is 0 Å². The molecule has 0 aliphatic rings. The first-order valence-corrected chi connectivity index (χ1v) is 7.35. The third-order valence-electron chi connectivity index (χ3n) is 2.67. The number of nitrogens with two attached hydrogens (primary N) is 1. The molecule has 0 unspecified atom stereocenters. The van der Waals surface area contributed by atoms with E-state index in [1.807, 2.05) is 6.92 Å². The van der Waals surface area contributed by atoms with Gasteiger partial charge >= 0.3 is 0 Å². The lowest BCUT2D eigenvalue weighted by atomic mass is 10.2. The SMILES string of the molecule is Cc1ccc(S(=O)(=O)NCCN(C)C(=O)CN)cc1. The van der Waals surface area contributed by atoms with Crippen LogP contribution in [0.25, 0.3) is 0 Å². The molecule has 0 bridgehead atoms. The minimum atomic E-state index is -3.52. The molecule has 0 saturated heterocycles. The van der Waals surface area contributed by atoms with Crippen molar-refractivity contribution in [2.45, 2.75) is 11.8 Å². The van der Waals surface area contributed by atoms with Gasteiger partial charge in [-0.25, -0.2) is 13.1 Å². The summed E-state index contributed by atoms with van der Waals surface area (Å²) >= 11 is 0. The number of rotatable bonds is 6. The zero-order valence-electron chi connectivity index (χ0n) is 11.1. The van der Waals surface area contributed by atoms with Crippen molar-refractivity contribution in [2.75, 3.05) is 26.7 Å². The van der Waals surface area contributed by atoms with Crippen molar-refractivity contribution in [3.05, 3.63) is 29.8 Å². The molecule has 0 saturated carbocycles. The average molecular weight is 285 g/mol. The number of nitrogens with one attached hydrogen (secondary N) is 1. The molecule has 1 aromatic rings. The molecule has 3 N–H and O–H groups in total. The molecule has 0 radical (unpaired) electrons. The lowest BCUT2D eigenvalue weighted by Crippen LogP contribution is -2.38. The molecule has 0 heterocycles. The number of amides is 1. The second-order valence-corrected chi connectivity index (χ2v) is 6.00. The number of likely N-dealkylation sites (N-methyl/N-ethyl adjacent to an activating group) is 1. The van der Waals surface area contributed by atoms with Crippen molar-refractivity contribution in [3.8, 4) is 0 Å². The van der Waals surface area contributed by atoms with E-state index in [0.717, 1.165) is 5.56 Å². The number of hydrogen-bond donors (Lipinski definition) is 2. The van der Waals surface area contributed by atoms with E-state index in [4.69, 9.17) is 5.73 Å². The Bertz CT molecular complexity index is 526. The molecular formula is C12H19N3O3S. The summed E-state index contributed by atoms with van der Waals surface area (Å²) in [6, 6.07) is 6.57. The number of benzene rings is 1. The lowest BCUT2D eigenvalue weighted by molar-refractivity contribution is -0.128. The first-order chi connectivity index (χ1) is 8.86. The van der Waals surface area contributed by atoms with E-state index in [1.165, 1.54) is 4.90 Å². The second-order valence-electron chi connectivity index (χ2n) is 4.23. The van der Waals surface area contributed by atoms with Gasteiger partial charge in [-0.05, 0) is 19.1 Å². The van der Waals surface area contributed by atoms with Crippen LogP contribution in [-0.2, 0) is 14.8 Å². The second kappa shape index (κ2) is 6.65. The van der Waals surface area contributed by atoms with Gasteiger partial charge in [-0.3, -0.25) is 4.79 Å². The van der Waals surface area contributed by atoms with E-state index in [-0.39, 0.29) is 30.4 Å². The zero-order valence-corrected chi connectivity index (χ0v) is 11.9. The van der Waals surface area contributed by atoms with Crippen LogP contribution in [0.3, 0.4) is 0 Å². The number of carbonyl (C=O) groups is 1. The molecule has 1 aromatic carbocycles. The summed E-state index contributed by atoms with van der Waals surface area (Å²) in [5.74, 6) is -0.227. The minimum Gasteiger partial charge on any atom is -0.343 e. The van der Waals surface area contributed by atoms with Gasteiger partial charge in [0.1, 0.15) is 0 Å². The van der Waals surface area contributed by atoms with Gasteiger partial charge in [0.2, 0.25) is 15.9 Å². The summed E-state index contributed by atoms with van der Waals surface area (Å²) in [4.78, 5) is 12.8. The average Bonchev–Trinajstić information content (AvgIpc) is 2.37. The third kappa shape index (κ3) is 4.62. The number of aryl methyl sites for hydroxylation is 1. The van der Waals surface area contributed by atoms with Crippen molar-refractivity contribution >= 4 is 15.9 Å². The smallest absolute Gasteiger partial charge is 0.240 e. The molecule has 6 nitrogen and oxygen atoms in total. The highest BCUT2D eigenvalue weighted by Gasteiger charge is 2.14. The fraction of sp³-hybridized carbons (Fsp3) is 0.417. The summed E-state index contributed by atoms with van der Waals surface area (Å²) in [5.41, 5.74) is 6.20. The van der Waals surface area contributed by atoms with Gasteiger partial charge < -0.3 is 10.6 Å². The van der Waals surface area contributed by atoms with Crippen LogP contribution < -0.4 is 10.5 Å². The highest BCUT2D eigenvalue weighted by molar-refractivity contribution is 7.89. The molecule has 19 heavy (non-hydrogen) atoms. The van der Waals surface area contributed by atoms with E-state index in [1.54, 1.807) is 31.3 Å². The monoisotopic (exact) mass is 285 g/mol. The molecule has 1 rings (SSSR count). The van der Waals surface area contributed by atoms with Crippen LogP contribution in [-0.4, -0.2) is 45.9 Å². The summed E-state index contributed by atoms with van der Waals surface area (Å²) < 4.78 is 26.3. The molecule has 0 aliphatic heterocycles. The van der Waals surface area contributed by atoms with Gasteiger partial charge in [0.25, 0.3) is 0 Å². The summed E-state index contributed by atoms with van der Waals surface area (Å²) in [6.07, 6.45) is 0. The van der Waals surface area contributed by atoms with Gasteiger partial charge in [-0.2, -0.15) is 0 Å². The fourth-order valence-corrected chi connectivity index (χ4v) is 2.45. The third-order valence-corrected chi connectivity index (χ3v) is 4.15. The quantitative estimate of drug-likeness (QED) is 0.750. The maximum absolute atomic E-state index is 11.9. The van der Waals surface area contributed by atoms with Crippen LogP contribution in [0.1, 0.15) is 5.56 Å². The van der Waals surface area contributed by atoms with Crippen LogP contribution in [0, 0.1) is 6.92 Å².